The predicted molar refractivity (Wildman–Crippen MR) is 84.4 cm³/mol. The molecule has 1 aliphatic rings. The van der Waals surface area contributed by atoms with Crippen LogP contribution in [0.15, 0.2) is 18.2 Å². The van der Waals surface area contributed by atoms with E-state index in [1.165, 1.54) is 19.3 Å². The molecule has 1 N–H and O–H groups in total. The molecule has 1 unspecified atom stereocenters. The van der Waals surface area contributed by atoms with Gasteiger partial charge in [-0.1, -0.05) is 39.2 Å². The summed E-state index contributed by atoms with van der Waals surface area (Å²) in [6.07, 6.45) is 4.87. The average molecular weight is 291 g/mol. The number of fused-ring (bicyclic) bond motifs is 1. The van der Waals surface area contributed by atoms with Crippen LogP contribution in [0.1, 0.15) is 49.9 Å². The minimum atomic E-state index is -0.924. The van der Waals surface area contributed by atoms with Crippen LogP contribution < -0.4 is 9.64 Å². The van der Waals surface area contributed by atoms with Crippen molar-refractivity contribution in [1.82, 2.24) is 0 Å². The van der Waals surface area contributed by atoms with Crippen molar-refractivity contribution in [3.05, 3.63) is 23.8 Å². The van der Waals surface area contributed by atoms with Crippen molar-refractivity contribution < 1.29 is 14.6 Å². The van der Waals surface area contributed by atoms with Gasteiger partial charge < -0.3 is 14.7 Å². The number of hydrogen-bond acceptors (Lipinski definition) is 3. The molecule has 0 fully saturated rings. The SMILES string of the molecule is CCCCC(CC)CN1CCOc2c(C(=O)O)cccc21. The van der Waals surface area contributed by atoms with Crippen molar-refractivity contribution in [2.75, 3.05) is 24.6 Å². The lowest BCUT2D eigenvalue weighted by atomic mass is 9.98. The van der Waals surface area contributed by atoms with E-state index in [-0.39, 0.29) is 5.56 Å². The predicted octanol–water partition coefficient (Wildman–Crippen LogP) is 3.80. The Kier molecular flexibility index (Phi) is 5.48. The molecule has 0 saturated carbocycles. The molecule has 0 spiro atoms. The van der Waals surface area contributed by atoms with Crippen LogP contribution >= 0.6 is 0 Å². The van der Waals surface area contributed by atoms with Crippen LogP contribution in [0.2, 0.25) is 0 Å². The second kappa shape index (κ2) is 7.34. The first-order valence-electron chi connectivity index (χ1n) is 7.91. The fourth-order valence-electron chi connectivity index (χ4n) is 2.89. The van der Waals surface area contributed by atoms with Crippen molar-refractivity contribution in [3.8, 4) is 5.75 Å². The van der Waals surface area contributed by atoms with Crippen LogP contribution in [-0.4, -0.2) is 30.8 Å². The standard InChI is InChI=1S/C17H25NO3/c1-3-5-7-13(4-2)12-18-10-11-21-16-14(17(19)20)8-6-9-15(16)18/h6,8-9,13H,3-5,7,10-12H2,1-2H3,(H,19,20). The Morgan fingerprint density at radius 3 is 2.90 bits per heavy atom. The quantitative estimate of drug-likeness (QED) is 0.830. The first-order valence-corrected chi connectivity index (χ1v) is 7.91. The Balaban J connectivity index is 2.18. The van der Waals surface area contributed by atoms with Gasteiger partial charge in [-0.2, -0.15) is 0 Å². The molecule has 116 valence electrons. The topological polar surface area (TPSA) is 49.8 Å². The summed E-state index contributed by atoms with van der Waals surface area (Å²) in [6.45, 7) is 6.82. The Morgan fingerprint density at radius 2 is 2.24 bits per heavy atom. The highest BCUT2D eigenvalue weighted by atomic mass is 16.5. The average Bonchev–Trinajstić information content (AvgIpc) is 2.50. The number of carboxylic acids is 1. The number of rotatable bonds is 7. The Bertz CT molecular complexity index is 487. The smallest absolute Gasteiger partial charge is 0.339 e. The summed E-state index contributed by atoms with van der Waals surface area (Å²) in [5, 5.41) is 9.27. The molecule has 0 bridgehead atoms. The van der Waals surface area contributed by atoms with Crippen LogP contribution in [0.25, 0.3) is 0 Å². The van der Waals surface area contributed by atoms with E-state index in [1.807, 2.05) is 6.07 Å². The monoisotopic (exact) mass is 291 g/mol. The summed E-state index contributed by atoms with van der Waals surface area (Å²) in [6, 6.07) is 5.38. The van der Waals surface area contributed by atoms with E-state index in [0.29, 0.717) is 18.3 Å². The first-order chi connectivity index (χ1) is 10.2. The minimum Gasteiger partial charge on any atom is -0.489 e. The van der Waals surface area contributed by atoms with Gasteiger partial charge in [-0.15, -0.1) is 0 Å². The van der Waals surface area contributed by atoms with Crippen LogP contribution in [0.3, 0.4) is 0 Å². The number of benzene rings is 1. The fraction of sp³-hybridized carbons (Fsp3) is 0.588. The van der Waals surface area contributed by atoms with Gasteiger partial charge in [0.25, 0.3) is 0 Å². The van der Waals surface area contributed by atoms with E-state index in [0.717, 1.165) is 25.2 Å². The van der Waals surface area contributed by atoms with Gasteiger partial charge in [0.05, 0.1) is 12.2 Å². The molecular formula is C17H25NO3. The van der Waals surface area contributed by atoms with E-state index in [4.69, 9.17) is 4.74 Å². The maximum Gasteiger partial charge on any atom is 0.339 e. The molecule has 0 saturated heterocycles. The molecule has 4 heteroatoms. The number of para-hydroxylation sites is 1. The zero-order valence-electron chi connectivity index (χ0n) is 13.0. The highest BCUT2D eigenvalue weighted by Crippen LogP contribution is 2.35. The molecule has 0 amide bonds. The Hall–Kier alpha value is -1.71. The summed E-state index contributed by atoms with van der Waals surface area (Å²) >= 11 is 0. The molecule has 0 aromatic heterocycles. The second-order valence-corrected chi connectivity index (χ2v) is 5.67. The van der Waals surface area contributed by atoms with Gasteiger partial charge in [0.15, 0.2) is 5.75 Å². The molecule has 0 radical (unpaired) electrons. The number of unbranched alkanes of at least 4 members (excludes halogenated alkanes) is 1. The number of nitrogens with zero attached hydrogens (tertiary/aromatic N) is 1. The summed E-state index contributed by atoms with van der Waals surface area (Å²) < 4.78 is 5.62. The van der Waals surface area contributed by atoms with Gasteiger partial charge in [0.2, 0.25) is 0 Å². The third kappa shape index (κ3) is 3.69. The molecule has 1 aromatic rings. The summed E-state index contributed by atoms with van der Waals surface area (Å²) in [7, 11) is 0. The van der Waals surface area contributed by atoms with E-state index >= 15 is 0 Å². The number of ether oxygens (including phenoxy) is 1. The molecule has 2 rings (SSSR count). The van der Waals surface area contributed by atoms with Crippen molar-refractivity contribution in [3.63, 3.8) is 0 Å². The Labute approximate surface area is 126 Å². The number of anilines is 1. The van der Waals surface area contributed by atoms with Crippen molar-refractivity contribution in [1.29, 1.82) is 0 Å². The van der Waals surface area contributed by atoms with E-state index in [9.17, 15) is 9.90 Å². The largest absolute Gasteiger partial charge is 0.489 e. The first kappa shape index (κ1) is 15.7. The summed E-state index contributed by atoms with van der Waals surface area (Å²) in [5.41, 5.74) is 1.19. The van der Waals surface area contributed by atoms with Crippen molar-refractivity contribution in [2.24, 2.45) is 5.92 Å². The number of aromatic carboxylic acids is 1. The maximum absolute atomic E-state index is 11.3. The van der Waals surface area contributed by atoms with Gasteiger partial charge >= 0.3 is 5.97 Å². The van der Waals surface area contributed by atoms with Gasteiger partial charge in [-0.3, -0.25) is 0 Å². The number of carbonyl (C=O) groups is 1. The van der Waals surface area contributed by atoms with E-state index in [1.54, 1.807) is 12.1 Å². The molecule has 1 heterocycles. The zero-order chi connectivity index (χ0) is 15.2. The van der Waals surface area contributed by atoms with E-state index in [2.05, 4.69) is 18.7 Å². The lowest BCUT2D eigenvalue weighted by molar-refractivity contribution is 0.0692. The fourth-order valence-corrected chi connectivity index (χ4v) is 2.89. The van der Waals surface area contributed by atoms with Crippen LogP contribution in [-0.2, 0) is 0 Å². The van der Waals surface area contributed by atoms with Gasteiger partial charge in [0.1, 0.15) is 12.2 Å². The number of carboxylic acid groups (broad SMARTS) is 1. The highest BCUT2D eigenvalue weighted by molar-refractivity contribution is 5.93. The van der Waals surface area contributed by atoms with Crippen LogP contribution in [0.4, 0.5) is 5.69 Å². The molecule has 0 aliphatic carbocycles. The second-order valence-electron chi connectivity index (χ2n) is 5.67. The normalized spacial score (nSPS) is 15.2. The summed E-state index contributed by atoms with van der Waals surface area (Å²) in [5.74, 6) is 0.262. The third-order valence-corrected chi connectivity index (χ3v) is 4.19. The van der Waals surface area contributed by atoms with Crippen molar-refractivity contribution in [2.45, 2.75) is 39.5 Å². The lowest BCUT2D eigenvalue weighted by Crippen LogP contribution is -2.37. The molecule has 1 aliphatic heterocycles. The summed E-state index contributed by atoms with van der Waals surface area (Å²) in [4.78, 5) is 13.6. The van der Waals surface area contributed by atoms with Crippen LogP contribution in [0, 0.1) is 5.92 Å². The highest BCUT2D eigenvalue weighted by Gasteiger charge is 2.24. The third-order valence-electron chi connectivity index (χ3n) is 4.19. The van der Waals surface area contributed by atoms with Gasteiger partial charge in [0, 0.05) is 6.54 Å². The molecule has 1 aromatic carbocycles. The zero-order valence-corrected chi connectivity index (χ0v) is 13.0. The van der Waals surface area contributed by atoms with Crippen LogP contribution in [0.5, 0.6) is 5.75 Å². The molecule has 21 heavy (non-hydrogen) atoms. The molecular weight excluding hydrogens is 266 g/mol. The molecule has 4 nitrogen and oxygen atoms in total. The van der Waals surface area contributed by atoms with E-state index < -0.39 is 5.97 Å². The van der Waals surface area contributed by atoms with Gasteiger partial charge in [-0.05, 0) is 24.5 Å². The van der Waals surface area contributed by atoms with Gasteiger partial charge in [-0.25, -0.2) is 4.79 Å². The molecule has 1 atom stereocenters. The van der Waals surface area contributed by atoms with Crippen molar-refractivity contribution >= 4 is 11.7 Å². The lowest BCUT2D eigenvalue weighted by Gasteiger charge is -2.34. The maximum atomic E-state index is 11.3. The number of hydrogen-bond donors (Lipinski definition) is 1. The Morgan fingerprint density at radius 1 is 1.43 bits per heavy atom. The minimum absolute atomic E-state index is 0.263.